The lowest BCUT2D eigenvalue weighted by atomic mass is 10.0. The molecule has 3 rings (SSSR count). The highest BCUT2D eigenvalue weighted by Crippen LogP contribution is 2.30. The van der Waals surface area contributed by atoms with Crippen molar-refractivity contribution in [2.24, 2.45) is 5.92 Å². The Kier molecular flexibility index (Phi) is 8.91. The van der Waals surface area contributed by atoms with Gasteiger partial charge >= 0.3 is 12.0 Å². The van der Waals surface area contributed by atoms with Gasteiger partial charge in [-0.3, -0.25) is 14.9 Å². The van der Waals surface area contributed by atoms with E-state index in [-0.39, 0.29) is 18.4 Å². The molecule has 3 amide bonds. The minimum Gasteiger partial charge on any atom is -0.481 e. The fraction of sp³-hybridized carbons (Fsp3) is 0.320. The Bertz CT molecular complexity index is 1150. The number of urea groups is 1. The van der Waals surface area contributed by atoms with Crippen LogP contribution in [0.3, 0.4) is 0 Å². The number of rotatable bonds is 10. The van der Waals surface area contributed by atoms with Gasteiger partial charge in [0.2, 0.25) is 5.91 Å². The highest BCUT2D eigenvalue weighted by atomic mass is 32.1. The molecule has 35 heavy (non-hydrogen) atoms. The number of amides is 3. The molecule has 10 heteroatoms. The van der Waals surface area contributed by atoms with E-state index in [2.05, 4.69) is 39.8 Å². The van der Waals surface area contributed by atoms with Gasteiger partial charge in [0, 0.05) is 23.0 Å². The van der Waals surface area contributed by atoms with Crippen LogP contribution in [0, 0.1) is 5.92 Å². The molecule has 2 heterocycles. The summed E-state index contributed by atoms with van der Waals surface area (Å²) in [6, 6.07) is 11.5. The molecule has 1 aromatic carbocycles. The lowest BCUT2D eigenvalue weighted by molar-refractivity contribution is -0.138. The number of hydrogen-bond donors (Lipinski definition) is 4. The van der Waals surface area contributed by atoms with Gasteiger partial charge in [0.05, 0.1) is 18.4 Å². The maximum atomic E-state index is 12.8. The van der Waals surface area contributed by atoms with Crippen LogP contribution in [0.1, 0.15) is 54.6 Å². The van der Waals surface area contributed by atoms with Gasteiger partial charge in [-0.15, -0.1) is 11.3 Å². The molecule has 2 aromatic heterocycles. The molecule has 184 valence electrons. The van der Waals surface area contributed by atoms with Crippen LogP contribution in [0.15, 0.2) is 54.9 Å². The van der Waals surface area contributed by atoms with E-state index in [4.69, 9.17) is 0 Å². The first kappa shape index (κ1) is 25.8. The second-order valence-electron chi connectivity index (χ2n) is 8.58. The predicted octanol–water partition coefficient (Wildman–Crippen LogP) is 4.82. The third-order valence-electron chi connectivity index (χ3n) is 5.16. The molecular formula is C25H29N5O4S. The molecule has 2 unspecified atom stereocenters. The molecule has 0 aliphatic heterocycles. The number of anilines is 2. The average Bonchev–Trinajstić information content (AvgIpc) is 3.30. The number of carbonyl (C=O) groups excluding carboxylic acids is 2. The molecule has 0 saturated carbocycles. The standard InChI is InChI=1S/C25H29N5O4S/c1-15(2)12-19(23-27-14-20(35-23)16(3)24(32)33)29-22(31)13-17-7-9-18(10-8-17)28-25(34)30-21-6-4-5-11-26-21/h4-11,14-16,19H,12-13H2,1-3H3,(H,29,31)(H,32,33)(H2,26,28,30,34). The van der Waals surface area contributed by atoms with E-state index in [0.717, 1.165) is 5.56 Å². The summed E-state index contributed by atoms with van der Waals surface area (Å²) < 4.78 is 0. The van der Waals surface area contributed by atoms with Crippen LogP contribution in [-0.2, 0) is 16.0 Å². The quantitative estimate of drug-likeness (QED) is 0.319. The summed E-state index contributed by atoms with van der Waals surface area (Å²) in [5.41, 5.74) is 1.38. The van der Waals surface area contributed by atoms with Crippen molar-refractivity contribution in [3.05, 3.63) is 70.3 Å². The molecule has 0 aliphatic rings. The fourth-order valence-electron chi connectivity index (χ4n) is 3.33. The maximum Gasteiger partial charge on any atom is 0.324 e. The Labute approximate surface area is 208 Å². The van der Waals surface area contributed by atoms with Gasteiger partial charge in [-0.2, -0.15) is 0 Å². The molecule has 2 atom stereocenters. The highest BCUT2D eigenvalue weighted by Gasteiger charge is 2.23. The van der Waals surface area contributed by atoms with Crippen molar-refractivity contribution in [1.82, 2.24) is 15.3 Å². The van der Waals surface area contributed by atoms with Crippen molar-refractivity contribution < 1.29 is 19.5 Å². The molecule has 0 radical (unpaired) electrons. The van der Waals surface area contributed by atoms with Gasteiger partial charge in [-0.25, -0.2) is 14.8 Å². The molecule has 4 N–H and O–H groups in total. The number of hydrogen-bond acceptors (Lipinski definition) is 6. The van der Waals surface area contributed by atoms with Gasteiger partial charge in [0.25, 0.3) is 0 Å². The van der Waals surface area contributed by atoms with E-state index in [1.807, 2.05) is 0 Å². The molecule has 0 saturated heterocycles. The summed E-state index contributed by atoms with van der Waals surface area (Å²) in [5.74, 6) is -0.954. The number of benzene rings is 1. The van der Waals surface area contributed by atoms with Crippen molar-refractivity contribution in [2.75, 3.05) is 10.6 Å². The zero-order chi connectivity index (χ0) is 25.4. The number of pyridine rings is 1. The smallest absolute Gasteiger partial charge is 0.324 e. The maximum absolute atomic E-state index is 12.8. The molecule has 0 spiro atoms. The first-order valence-corrected chi connectivity index (χ1v) is 12.1. The fourth-order valence-corrected chi connectivity index (χ4v) is 4.36. The lowest BCUT2D eigenvalue weighted by Crippen LogP contribution is -2.30. The summed E-state index contributed by atoms with van der Waals surface area (Å²) in [6.45, 7) is 5.74. The highest BCUT2D eigenvalue weighted by molar-refractivity contribution is 7.11. The predicted molar refractivity (Wildman–Crippen MR) is 136 cm³/mol. The summed E-state index contributed by atoms with van der Waals surface area (Å²) in [4.78, 5) is 45.3. The molecule has 9 nitrogen and oxygen atoms in total. The van der Waals surface area contributed by atoms with E-state index < -0.39 is 17.9 Å². The Balaban J connectivity index is 1.58. The summed E-state index contributed by atoms with van der Waals surface area (Å²) in [7, 11) is 0. The summed E-state index contributed by atoms with van der Waals surface area (Å²) >= 11 is 1.32. The molecule has 0 fully saturated rings. The molecular weight excluding hydrogens is 466 g/mol. The second kappa shape index (κ2) is 12.1. The van der Waals surface area contributed by atoms with Crippen molar-refractivity contribution in [1.29, 1.82) is 0 Å². The van der Waals surface area contributed by atoms with Crippen LogP contribution < -0.4 is 16.0 Å². The van der Waals surface area contributed by atoms with Crippen molar-refractivity contribution in [3.8, 4) is 0 Å². The number of carboxylic acids is 1. The molecule has 3 aromatic rings. The molecule has 0 aliphatic carbocycles. The SMILES string of the molecule is CC(C)CC(NC(=O)Cc1ccc(NC(=O)Nc2ccccn2)cc1)c1ncc(C(C)C(=O)O)s1. The first-order chi connectivity index (χ1) is 16.7. The zero-order valence-corrected chi connectivity index (χ0v) is 20.6. The number of nitrogens with zero attached hydrogens (tertiary/aromatic N) is 2. The lowest BCUT2D eigenvalue weighted by Gasteiger charge is -2.19. The number of carbonyl (C=O) groups is 3. The van der Waals surface area contributed by atoms with Gasteiger partial charge in [0.15, 0.2) is 0 Å². The van der Waals surface area contributed by atoms with Crippen LogP contribution in [0.2, 0.25) is 0 Å². The Hall–Kier alpha value is -3.79. The Morgan fingerprint density at radius 2 is 1.74 bits per heavy atom. The third kappa shape index (κ3) is 7.89. The van der Waals surface area contributed by atoms with Crippen molar-refractivity contribution in [3.63, 3.8) is 0 Å². The van der Waals surface area contributed by atoms with Gasteiger partial charge < -0.3 is 15.7 Å². The van der Waals surface area contributed by atoms with E-state index in [9.17, 15) is 19.5 Å². The second-order valence-corrected chi connectivity index (χ2v) is 9.67. The van der Waals surface area contributed by atoms with Crippen LogP contribution in [0.4, 0.5) is 16.3 Å². The number of aliphatic carboxylic acids is 1. The number of nitrogens with one attached hydrogen (secondary N) is 3. The largest absolute Gasteiger partial charge is 0.481 e. The summed E-state index contributed by atoms with van der Waals surface area (Å²) in [5, 5.41) is 18.4. The monoisotopic (exact) mass is 495 g/mol. The van der Waals surface area contributed by atoms with E-state index in [1.54, 1.807) is 61.8 Å². The zero-order valence-electron chi connectivity index (χ0n) is 19.8. The topological polar surface area (TPSA) is 133 Å². The van der Waals surface area contributed by atoms with E-state index in [0.29, 0.717) is 33.7 Å². The third-order valence-corrected chi connectivity index (χ3v) is 6.46. The number of carboxylic acid groups (broad SMARTS) is 1. The number of thiazole rings is 1. The average molecular weight is 496 g/mol. The van der Waals surface area contributed by atoms with E-state index >= 15 is 0 Å². The van der Waals surface area contributed by atoms with Crippen LogP contribution in [-0.4, -0.2) is 33.0 Å². The van der Waals surface area contributed by atoms with Gasteiger partial charge in [-0.05, 0) is 49.1 Å². The number of aromatic nitrogens is 2. The van der Waals surface area contributed by atoms with E-state index in [1.165, 1.54) is 11.3 Å². The minimum absolute atomic E-state index is 0.160. The normalized spacial score (nSPS) is 12.6. The molecule has 0 bridgehead atoms. The van der Waals surface area contributed by atoms with Crippen LogP contribution in [0.25, 0.3) is 0 Å². The minimum atomic E-state index is -0.906. The van der Waals surface area contributed by atoms with Crippen molar-refractivity contribution in [2.45, 2.75) is 45.6 Å². The Morgan fingerprint density at radius 1 is 1.00 bits per heavy atom. The van der Waals surface area contributed by atoms with Crippen LogP contribution in [0.5, 0.6) is 0 Å². The van der Waals surface area contributed by atoms with Crippen LogP contribution >= 0.6 is 11.3 Å². The van der Waals surface area contributed by atoms with Gasteiger partial charge in [0.1, 0.15) is 10.8 Å². The first-order valence-electron chi connectivity index (χ1n) is 11.3. The Morgan fingerprint density at radius 3 is 2.37 bits per heavy atom. The summed E-state index contributed by atoms with van der Waals surface area (Å²) in [6.07, 6.45) is 4.02. The van der Waals surface area contributed by atoms with Gasteiger partial charge in [-0.1, -0.05) is 32.0 Å². The van der Waals surface area contributed by atoms with Crippen molar-refractivity contribution >= 4 is 40.7 Å².